The van der Waals surface area contributed by atoms with Crippen LogP contribution in [-0.2, 0) is 6.54 Å². The van der Waals surface area contributed by atoms with E-state index in [4.69, 9.17) is 16.3 Å². The molecule has 0 unspecified atom stereocenters. The van der Waals surface area contributed by atoms with E-state index in [-0.39, 0.29) is 29.2 Å². The SMILES string of the molecule is COc1cc([N+](=O)[O-])ccc1NC(=O)c1cccn(Cc2ccc(Cl)cc2)c1=O. The van der Waals surface area contributed by atoms with Gasteiger partial charge in [-0.3, -0.25) is 19.7 Å². The van der Waals surface area contributed by atoms with Crippen molar-refractivity contribution in [2.45, 2.75) is 6.54 Å². The predicted molar refractivity (Wildman–Crippen MR) is 109 cm³/mol. The standard InChI is InChI=1S/C20H16ClN3O5/c1-29-18-11-15(24(27)28)8-9-17(18)22-19(25)16-3-2-10-23(20(16)26)12-13-4-6-14(21)7-5-13/h2-11H,12H2,1H3,(H,22,25). The average Bonchev–Trinajstić information content (AvgIpc) is 2.71. The van der Waals surface area contributed by atoms with Gasteiger partial charge in [-0.15, -0.1) is 0 Å². The molecule has 0 spiro atoms. The molecule has 0 bridgehead atoms. The topological polar surface area (TPSA) is 103 Å². The van der Waals surface area contributed by atoms with E-state index < -0.39 is 16.4 Å². The minimum atomic E-state index is -0.646. The number of nitrogens with zero attached hydrogens (tertiary/aromatic N) is 2. The molecule has 0 aliphatic heterocycles. The summed E-state index contributed by atoms with van der Waals surface area (Å²) in [7, 11) is 1.33. The lowest BCUT2D eigenvalue weighted by molar-refractivity contribution is -0.384. The number of halogens is 1. The smallest absolute Gasteiger partial charge is 0.273 e. The van der Waals surface area contributed by atoms with Gasteiger partial charge in [0.05, 0.1) is 30.3 Å². The maximum absolute atomic E-state index is 12.7. The Labute approximate surface area is 170 Å². The van der Waals surface area contributed by atoms with Crippen LogP contribution >= 0.6 is 11.6 Å². The number of nitrogens with one attached hydrogen (secondary N) is 1. The van der Waals surface area contributed by atoms with Gasteiger partial charge >= 0.3 is 0 Å². The average molecular weight is 414 g/mol. The monoisotopic (exact) mass is 413 g/mol. The van der Waals surface area contributed by atoms with Gasteiger partial charge in [-0.1, -0.05) is 23.7 Å². The van der Waals surface area contributed by atoms with Crippen LogP contribution in [0.5, 0.6) is 5.75 Å². The number of nitro benzene ring substituents is 1. The molecule has 3 aromatic rings. The molecular weight excluding hydrogens is 398 g/mol. The van der Waals surface area contributed by atoms with Crippen LogP contribution < -0.4 is 15.6 Å². The van der Waals surface area contributed by atoms with E-state index in [2.05, 4.69) is 5.32 Å². The Morgan fingerprint density at radius 2 is 1.93 bits per heavy atom. The van der Waals surface area contributed by atoms with Gasteiger partial charge < -0.3 is 14.6 Å². The van der Waals surface area contributed by atoms with Crippen molar-refractivity contribution in [3.63, 3.8) is 0 Å². The van der Waals surface area contributed by atoms with Gasteiger partial charge in [0.1, 0.15) is 11.3 Å². The minimum absolute atomic E-state index is 0.0677. The van der Waals surface area contributed by atoms with Crippen molar-refractivity contribution in [1.29, 1.82) is 0 Å². The van der Waals surface area contributed by atoms with Crippen molar-refractivity contribution < 1.29 is 14.5 Å². The van der Waals surface area contributed by atoms with Crippen molar-refractivity contribution in [2.24, 2.45) is 0 Å². The Balaban J connectivity index is 1.86. The Morgan fingerprint density at radius 3 is 2.59 bits per heavy atom. The molecule has 0 saturated carbocycles. The number of aromatic nitrogens is 1. The fraction of sp³-hybridized carbons (Fsp3) is 0.100. The molecule has 0 fully saturated rings. The lowest BCUT2D eigenvalue weighted by Crippen LogP contribution is -2.29. The fourth-order valence-electron chi connectivity index (χ4n) is 2.71. The van der Waals surface area contributed by atoms with E-state index in [9.17, 15) is 19.7 Å². The molecular formula is C20H16ClN3O5. The first-order chi connectivity index (χ1) is 13.9. The number of ether oxygens (including phenoxy) is 1. The lowest BCUT2D eigenvalue weighted by Gasteiger charge is -2.11. The highest BCUT2D eigenvalue weighted by Gasteiger charge is 2.17. The van der Waals surface area contributed by atoms with Crippen LogP contribution in [0.3, 0.4) is 0 Å². The number of anilines is 1. The molecule has 1 heterocycles. The molecule has 1 aromatic heterocycles. The molecule has 9 heteroatoms. The summed E-state index contributed by atoms with van der Waals surface area (Å²) in [6.07, 6.45) is 1.58. The number of hydrogen-bond donors (Lipinski definition) is 1. The van der Waals surface area contributed by atoms with Crippen molar-refractivity contribution in [2.75, 3.05) is 12.4 Å². The largest absolute Gasteiger partial charge is 0.494 e. The zero-order chi connectivity index (χ0) is 21.0. The molecule has 0 aliphatic carbocycles. The molecule has 148 valence electrons. The maximum Gasteiger partial charge on any atom is 0.273 e. The molecule has 0 saturated heterocycles. The predicted octanol–water partition coefficient (Wildman–Crippen LogP) is 3.72. The van der Waals surface area contributed by atoms with Crippen LogP contribution in [0.2, 0.25) is 5.02 Å². The van der Waals surface area contributed by atoms with Crippen LogP contribution in [-0.4, -0.2) is 22.5 Å². The number of carbonyl (C=O) groups excluding carboxylic acids is 1. The normalized spacial score (nSPS) is 10.4. The number of nitro groups is 1. The van der Waals surface area contributed by atoms with Gasteiger partial charge in [-0.25, -0.2) is 0 Å². The number of non-ortho nitro benzene ring substituents is 1. The van der Waals surface area contributed by atoms with E-state index in [1.807, 2.05) is 0 Å². The first kappa shape index (κ1) is 20.1. The third-order valence-corrected chi connectivity index (χ3v) is 4.43. The summed E-state index contributed by atoms with van der Waals surface area (Å²) < 4.78 is 6.51. The van der Waals surface area contributed by atoms with Gasteiger partial charge in [0, 0.05) is 17.3 Å². The van der Waals surface area contributed by atoms with Crippen molar-refractivity contribution in [3.05, 3.63) is 97.4 Å². The van der Waals surface area contributed by atoms with E-state index >= 15 is 0 Å². The molecule has 3 rings (SSSR count). The number of carbonyl (C=O) groups is 1. The van der Waals surface area contributed by atoms with Gasteiger partial charge in [0.15, 0.2) is 0 Å². The Morgan fingerprint density at radius 1 is 1.21 bits per heavy atom. The third-order valence-electron chi connectivity index (χ3n) is 4.18. The van der Waals surface area contributed by atoms with Crippen LogP contribution in [0.1, 0.15) is 15.9 Å². The summed E-state index contributed by atoms with van der Waals surface area (Å²) in [6.45, 7) is 0.276. The Kier molecular flexibility index (Phi) is 5.94. The highest BCUT2D eigenvalue weighted by atomic mass is 35.5. The van der Waals surface area contributed by atoms with Gasteiger partial charge in [0.2, 0.25) is 0 Å². The zero-order valence-electron chi connectivity index (χ0n) is 15.3. The number of amides is 1. The van der Waals surface area contributed by atoms with Gasteiger partial charge in [0.25, 0.3) is 17.2 Å². The summed E-state index contributed by atoms with van der Waals surface area (Å²) in [4.78, 5) is 35.7. The lowest BCUT2D eigenvalue weighted by atomic mass is 10.2. The molecule has 29 heavy (non-hydrogen) atoms. The number of benzene rings is 2. The van der Waals surface area contributed by atoms with Crippen molar-refractivity contribution in [1.82, 2.24) is 4.57 Å². The molecule has 1 N–H and O–H groups in total. The van der Waals surface area contributed by atoms with E-state index in [0.717, 1.165) is 5.56 Å². The second-order valence-corrected chi connectivity index (χ2v) is 6.51. The second-order valence-electron chi connectivity index (χ2n) is 6.08. The maximum atomic E-state index is 12.7. The van der Waals surface area contributed by atoms with Crippen LogP contribution in [0.25, 0.3) is 0 Å². The number of pyridine rings is 1. The second kappa shape index (κ2) is 8.57. The summed E-state index contributed by atoms with van der Waals surface area (Å²) in [5.41, 5.74) is 0.356. The summed E-state index contributed by atoms with van der Waals surface area (Å²) in [5, 5.41) is 14.0. The quantitative estimate of drug-likeness (QED) is 0.490. The van der Waals surface area contributed by atoms with Crippen molar-refractivity contribution >= 4 is 28.9 Å². The molecule has 8 nitrogen and oxygen atoms in total. The zero-order valence-corrected chi connectivity index (χ0v) is 16.1. The van der Waals surface area contributed by atoms with Gasteiger partial charge in [-0.2, -0.15) is 0 Å². The van der Waals surface area contributed by atoms with Crippen LogP contribution in [0, 0.1) is 10.1 Å². The van der Waals surface area contributed by atoms with E-state index in [1.54, 1.807) is 36.5 Å². The number of hydrogen-bond acceptors (Lipinski definition) is 5. The Hall–Kier alpha value is -3.65. The van der Waals surface area contributed by atoms with Gasteiger partial charge in [-0.05, 0) is 35.9 Å². The van der Waals surface area contributed by atoms with E-state index in [0.29, 0.717) is 5.02 Å². The molecule has 0 atom stereocenters. The highest BCUT2D eigenvalue weighted by molar-refractivity contribution is 6.30. The highest BCUT2D eigenvalue weighted by Crippen LogP contribution is 2.29. The first-order valence-corrected chi connectivity index (χ1v) is 8.84. The number of rotatable bonds is 6. The molecule has 0 radical (unpaired) electrons. The molecule has 0 aliphatic rings. The summed E-state index contributed by atoms with van der Waals surface area (Å²) in [5.74, 6) is -0.530. The first-order valence-electron chi connectivity index (χ1n) is 8.46. The minimum Gasteiger partial charge on any atom is -0.494 e. The summed E-state index contributed by atoms with van der Waals surface area (Å²) >= 11 is 5.87. The van der Waals surface area contributed by atoms with E-state index in [1.165, 1.54) is 35.9 Å². The molecule has 1 amide bonds. The molecule has 2 aromatic carbocycles. The third kappa shape index (κ3) is 4.61. The van der Waals surface area contributed by atoms with Crippen molar-refractivity contribution in [3.8, 4) is 5.75 Å². The van der Waals surface area contributed by atoms with Crippen LogP contribution in [0.4, 0.5) is 11.4 Å². The fourth-order valence-corrected chi connectivity index (χ4v) is 2.83. The van der Waals surface area contributed by atoms with Crippen LogP contribution in [0.15, 0.2) is 65.6 Å². The summed E-state index contributed by atoms with van der Waals surface area (Å²) in [6, 6.07) is 13.8. The Bertz CT molecular complexity index is 1130. The number of methoxy groups -OCH3 is 1.